The summed E-state index contributed by atoms with van der Waals surface area (Å²) >= 11 is 0. The number of nitrogens with one attached hydrogen (secondary N) is 1. The Bertz CT molecular complexity index is 1110. The molecule has 0 spiro atoms. The molecule has 10 heteroatoms. The zero-order valence-electron chi connectivity index (χ0n) is 15.9. The molecule has 154 valence electrons. The molecule has 5 rings (SSSR count). The number of phenolic OH excluding ortho intramolecular Hbond substituents is 1. The second-order valence-corrected chi connectivity index (χ2v) is 7.43. The molecule has 1 atom stereocenters. The molecule has 1 aromatic heterocycles. The van der Waals surface area contributed by atoms with Gasteiger partial charge in [0.2, 0.25) is 12.7 Å². The van der Waals surface area contributed by atoms with E-state index >= 15 is 0 Å². The first-order chi connectivity index (χ1) is 14.6. The van der Waals surface area contributed by atoms with E-state index in [1.807, 2.05) is 6.07 Å². The molecule has 2 heterocycles. The maximum absolute atomic E-state index is 11.0. The lowest BCUT2D eigenvalue weighted by Crippen LogP contribution is -3.10. The second kappa shape index (κ2) is 7.30. The predicted molar refractivity (Wildman–Crippen MR) is 102 cm³/mol. The number of hydrogen-bond acceptors (Lipinski definition) is 8. The van der Waals surface area contributed by atoms with Gasteiger partial charge in [0.1, 0.15) is 12.3 Å². The number of nitro groups is 1. The molecule has 0 radical (unpaired) electrons. The highest BCUT2D eigenvalue weighted by molar-refractivity contribution is 5.57. The largest absolute Gasteiger partial charge is 0.507 e. The molecule has 0 saturated heterocycles. The Hall–Kier alpha value is -3.66. The molecular weight excluding hydrogens is 392 g/mol. The van der Waals surface area contributed by atoms with Crippen molar-refractivity contribution in [2.45, 2.75) is 32.0 Å². The minimum Gasteiger partial charge on any atom is -0.507 e. The molecule has 2 aliphatic rings. The zero-order valence-corrected chi connectivity index (χ0v) is 15.9. The summed E-state index contributed by atoms with van der Waals surface area (Å²) in [6.07, 6.45) is 2.18. The summed E-state index contributed by atoms with van der Waals surface area (Å²) in [6, 6.07) is 9.94. The van der Waals surface area contributed by atoms with Crippen LogP contribution in [0.25, 0.3) is 11.5 Å². The molecule has 1 unspecified atom stereocenters. The standard InChI is InChI=1S/C20H18N4O6/c25-16-8-18-17(28-11-29-18)7-13(16)9-23(14-4-5-14)10-19-21-22-20(30-19)12-2-1-3-15(6-12)24(26)27/h1-3,6-8,14,25H,4-5,9-11H2/p+1. The van der Waals surface area contributed by atoms with Gasteiger partial charge >= 0.3 is 0 Å². The van der Waals surface area contributed by atoms with Gasteiger partial charge in [0.15, 0.2) is 18.0 Å². The number of phenols is 1. The number of nitro benzene ring substituents is 1. The van der Waals surface area contributed by atoms with E-state index in [-0.39, 0.29) is 24.1 Å². The highest BCUT2D eigenvalue weighted by Gasteiger charge is 2.35. The molecule has 30 heavy (non-hydrogen) atoms. The number of aromatic hydroxyl groups is 1. The SMILES string of the molecule is O=[N+]([O-])c1cccc(-c2nnc(C[NH+](Cc3cc4c(cc3O)OCO4)C3CC3)o2)c1. The Morgan fingerprint density at radius 2 is 1.93 bits per heavy atom. The van der Waals surface area contributed by atoms with Crippen molar-refractivity contribution in [3.8, 4) is 28.7 Å². The minimum absolute atomic E-state index is 0.0317. The monoisotopic (exact) mass is 411 g/mol. The van der Waals surface area contributed by atoms with Gasteiger partial charge in [-0.2, -0.15) is 0 Å². The van der Waals surface area contributed by atoms with E-state index in [0.717, 1.165) is 18.4 Å². The lowest BCUT2D eigenvalue weighted by atomic mass is 10.1. The van der Waals surface area contributed by atoms with E-state index in [0.29, 0.717) is 42.1 Å². The van der Waals surface area contributed by atoms with Crippen LogP contribution < -0.4 is 14.4 Å². The van der Waals surface area contributed by atoms with Crippen molar-refractivity contribution in [3.05, 3.63) is 58.0 Å². The maximum Gasteiger partial charge on any atom is 0.271 e. The smallest absolute Gasteiger partial charge is 0.271 e. The number of quaternary nitrogens is 1. The number of nitrogens with zero attached hydrogens (tertiary/aromatic N) is 3. The molecule has 10 nitrogen and oxygen atoms in total. The van der Waals surface area contributed by atoms with Gasteiger partial charge in [0.05, 0.1) is 16.5 Å². The summed E-state index contributed by atoms with van der Waals surface area (Å²) in [5.74, 6) is 2.03. The Labute approximate surface area is 170 Å². The van der Waals surface area contributed by atoms with Crippen LogP contribution in [0.1, 0.15) is 24.3 Å². The minimum atomic E-state index is -0.461. The Morgan fingerprint density at radius 1 is 1.13 bits per heavy atom. The lowest BCUT2D eigenvalue weighted by Gasteiger charge is -2.18. The van der Waals surface area contributed by atoms with E-state index in [4.69, 9.17) is 13.9 Å². The molecular formula is C20H19N4O6+. The number of rotatable bonds is 7. The maximum atomic E-state index is 11.0. The van der Waals surface area contributed by atoms with Crippen LogP contribution in [0.2, 0.25) is 0 Å². The summed E-state index contributed by atoms with van der Waals surface area (Å²) in [5, 5.41) is 29.5. The van der Waals surface area contributed by atoms with E-state index < -0.39 is 4.92 Å². The summed E-state index contributed by atoms with van der Waals surface area (Å²) in [6.45, 7) is 1.21. The van der Waals surface area contributed by atoms with Gasteiger partial charge in [-0.25, -0.2) is 0 Å². The fourth-order valence-electron chi connectivity index (χ4n) is 3.59. The third kappa shape index (κ3) is 3.64. The van der Waals surface area contributed by atoms with Crippen molar-refractivity contribution in [3.63, 3.8) is 0 Å². The van der Waals surface area contributed by atoms with E-state index in [2.05, 4.69) is 10.2 Å². The van der Waals surface area contributed by atoms with Gasteiger partial charge in [-0.15, -0.1) is 10.2 Å². The molecule has 1 fully saturated rings. The Balaban J connectivity index is 1.34. The van der Waals surface area contributed by atoms with Gasteiger partial charge in [0, 0.05) is 36.6 Å². The van der Waals surface area contributed by atoms with E-state index in [1.54, 1.807) is 18.2 Å². The first-order valence-electron chi connectivity index (χ1n) is 9.60. The quantitative estimate of drug-likeness (QED) is 0.446. The molecule has 2 N–H and O–H groups in total. The van der Waals surface area contributed by atoms with Gasteiger partial charge in [-0.05, 0) is 12.1 Å². The molecule has 3 aromatic rings. The number of non-ortho nitro benzene ring substituents is 1. The fourth-order valence-corrected chi connectivity index (χ4v) is 3.59. The molecule has 1 aliphatic heterocycles. The van der Waals surface area contributed by atoms with Crippen molar-refractivity contribution < 1.29 is 28.8 Å². The van der Waals surface area contributed by atoms with Crippen LogP contribution in [0.3, 0.4) is 0 Å². The predicted octanol–water partition coefficient (Wildman–Crippen LogP) is 1.83. The van der Waals surface area contributed by atoms with Crippen molar-refractivity contribution >= 4 is 5.69 Å². The van der Waals surface area contributed by atoms with Crippen molar-refractivity contribution in [2.24, 2.45) is 0 Å². The van der Waals surface area contributed by atoms with Crippen LogP contribution in [0.5, 0.6) is 17.2 Å². The number of ether oxygens (including phenoxy) is 2. The molecule has 0 bridgehead atoms. The summed E-state index contributed by atoms with van der Waals surface area (Å²) in [7, 11) is 0. The van der Waals surface area contributed by atoms with E-state index in [9.17, 15) is 15.2 Å². The van der Waals surface area contributed by atoms with Crippen LogP contribution in [0, 0.1) is 10.1 Å². The highest BCUT2D eigenvalue weighted by atomic mass is 16.7. The number of fused-ring (bicyclic) bond motifs is 1. The molecule has 1 saturated carbocycles. The average Bonchev–Trinajstić information content (AvgIpc) is 3.32. The van der Waals surface area contributed by atoms with E-state index in [1.165, 1.54) is 17.0 Å². The number of hydrogen-bond donors (Lipinski definition) is 2. The first kappa shape index (κ1) is 18.4. The van der Waals surface area contributed by atoms with Crippen LogP contribution in [0.4, 0.5) is 5.69 Å². The van der Waals surface area contributed by atoms with Crippen molar-refractivity contribution in [2.75, 3.05) is 6.79 Å². The highest BCUT2D eigenvalue weighted by Crippen LogP contribution is 2.37. The lowest BCUT2D eigenvalue weighted by molar-refractivity contribution is -0.939. The zero-order chi connectivity index (χ0) is 20.7. The second-order valence-electron chi connectivity index (χ2n) is 7.43. The van der Waals surface area contributed by atoms with Gasteiger partial charge in [0.25, 0.3) is 11.6 Å². The van der Waals surface area contributed by atoms with Crippen molar-refractivity contribution in [1.29, 1.82) is 0 Å². The summed E-state index contributed by atoms with van der Waals surface area (Å²) in [4.78, 5) is 11.7. The van der Waals surface area contributed by atoms with Gasteiger partial charge < -0.3 is 23.9 Å². The Morgan fingerprint density at radius 3 is 2.70 bits per heavy atom. The molecule has 2 aromatic carbocycles. The summed E-state index contributed by atoms with van der Waals surface area (Å²) in [5.41, 5.74) is 1.24. The third-order valence-electron chi connectivity index (χ3n) is 5.30. The number of aromatic nitrogens is 2. The first-order valence-corrected chi connectivity index (χ1v) is 9.60. The molecule has 0 amide bonds. The van der Waals surface area contributed by atoms with Crippen molar-refractivity contribution in [1.82, 2.24) is 10.2 Å². The van der Waals surface area contributed by atoms with Crippen LogP contribution in [-0.2, 0) is 13.1 Å². The fraction of sp³-hybridized carbons (Fsp3) is 0.300. The van der Waals surface area contributed by atoms with Crippen LogP contribution >= 0.6 is 0 Å². The summed E-state index contributed by atoms with van der Waals surface area (Å²) < 4.78 is 16.5. The topological polar surface area (TPSA) is 125 Å². The normalized spacial score (nSPS) is 15.9. The van der Waals surface area contributed by atoms with Gasteiger partial charge in [-0.1, -0.05) is 6.07 Å². The third-order valence-corrected chi connectivity index (χ3v) is 5.30. The van der Waals surface area contributed by atoms with Gasteiger partial charge in [-0.3, -0.25) is 10.1 Å². The van der Waals surface area contributed by atoms with Crippen LogP contribution in [0.15, 0.2) is 40.8 Å². The molecule has 1 aliphatic carbocycles. The van der Waals surface area contributed by atoms with Crippen LogP contribution in [-0.4, -0.2) is 33.1 Å². The number of benzene rings is 2. The average molecular weight is 411 g/mol. The Kier molecular flexibility index (Phi) is 4.47.